The molecule has 0 spiro atoms. The van der Waals surface area contributed by atoms with Gasteiger partial charge in [-0.2, -0.15) is 0 Å². The summed E-state index contributed by atoms with van der Waals surface area (Å²) in [6, 6.07) is 9.99. The maximum Gasteiger partial charge on any atom is 0.320 e. The van der Waals surface area contributed by atoms with Crippen molar-refractivity contribution in [2.75, 3.05) is 11.9 Å². The summed E-state index contributed by atoms with van der Waals surface area (Å²) in [4.78, 5) is 11.9. The second-order valence-corrected chi connectivity index (χ2v) is 5.78. The molecule has 5 nitrogen and oxygen atoms in total. The first kappa shape index (κ1) is 13.7. The lowest BCUT2D eigenvalue weighted by Gasteiger charge is -2.16. The van der Waals surface area contributed by atoms with Crippen LogP contribution in [-0.2, 0) is 5.41 Å². The second kappa shape index (κ2) is 5.24. The monoisotopic (exact) mass is 285 g/mol. The SMILES string of the molecule is Cc1ccc(C2(CNC(=O)Nc3cc(C)on3)CC2)cc1. The summed E-state index contributed by atoms with van der Waals surface area (Å²) in [5.74, 6) is 1.11. The van der Waals surface area contributed by atoms with E-state index in [0.717, 1.165) is 12.8 Å². The number of anilines is 1. The molecule has 110 valence electrons. The lowest BCUT2D eigenvalue weighted by Crippen LogP contribution is -2.35. The Morgan fingerprint density at radius 3 is 2.57 bits per heavy atom. The highest BCUT2D eigenvalue weighted by Crippen LogP contribution is 2.47. The zero-order chi connectivity index (χ0) is 14.9. The molecule has 1 aliphatic carbocycles. The smallest absolute Gasteiger partial charge is 0.320 e. The van der Waals surface area contributed by atoms with Crippen LogP contribution >= 0.6 is 0 Å². The zero-order valence-corrected chi connectivity index (χ0v) is 12.3. The Balaban J connectivity index is 1.57. The molecule has 0 saturated heterocycles. The molecule has 0 bridgehead atoms. The zero-order valence-electron chi connectivity index (χ0n) is 12.3. The first-order valence-electron chi connectivity index (χ1n) is 7.13. The Bertz CT molecular complexity index is 642. The van der Waals surface area contributed by atoms with E-state index in [4.69, 9.17) is 4.52 Å². The van der Waals surface area contributed by atoms with Crippen molar-refractivity contribution in [3.05, 3.63) is 47.2 Å². The summed E-state index contributed by atoms with van der Waals surface area (Å²) in [6.45, 7) is 4.50. The average Bonchev–Trinajstić information content (AvgIpc) is 3.15. The Hall–Kier alpha value is -2.30. The van der Waals surface area contributed by atoms with Gasteiger partial charge in [0.25, 0.3) is 0 Å². The van der Waals surface area contributed by atoms with Gasteiger partial charge in [-0.1, -0.05) is 35.0 Å². The third-order valence-corrected chi connectivity index (χ3v) is 3.97. The van der Waals surface area contributed by atoms with Gasteiger partial charge in [0.15, 0.2) is 5.82 Å². The van der Waals surface area contributed by atoms with Gasteiger partial charge >= 0.3 is 6.03 Å². The number of amides is 2. The van der Waals surface area contributed by atoms with Gasteiger partial charge in [-0.25, -0.2) is 4.79 Å². The Morgan fingerprint density at radius 1 is 1.29 bits per heavy atom. The van der Waals surface area contributed by atoms with Crippen LogP contribution in [-0.4, -0.2) is 17.7 Å². The molecule has 1 fully saturated rings. The van der Waals surface area contributed by atoms with E-state index < -0.39 is 0 Å². The lowest BCUT2D eigenvalue weighted by atomic mass is 9.95. The summed E-state index contributed by atoms with van der Waals surface area (Å²) in [5.41, 5.74) is 2.65. The number of rotatable bonds is 4. The maximum atomic E-state index is 11.9. The molecule has 1 aromatic heterocycles. The minimum Gasteiger partial charge on any atom is -0.360 e. The van der Waals surface area contributed by atoms with Crippen molar-refractivity contribution in [2.45, 2.75) is 32.1 Å². The van der Waals surface area contributed by atoms with E-state index >= 15 is 0 Å². The van der Waals surface area contributed by atoms with Crippen molar-refractivity contribution in [1.29, 1.82) is 0 Å². The van der Waals surface area contributed by atoms with Crippen LogP contribution in [0.25, 0.3) is 0 Å². The topological polar surface area (TPSA) is 67.2 Å². The van der Waals surface area contributed by atoms with Crippen LogP contribution < -0.4 is 10.6 Å². The van der Waals surface area contributed by atoms with E-state index in [1.165, 1.54) is 11.1 Å². The van der Waals surface area contributed by atoms with Gasteiger partial charge in [-0.05, 0) is 32.3 Å². The molecule has 2 N–H and O–H groups in total. The summed E-state index contributed by atoms with van der Waals surface area (Å²) < 4.78 is 4.91. The van der Waals surface area contributed by atoms with Gasteiger partial charge in [0.2, 0.25) is 0 Å². The first-order chi connectivity index (χ1) is 10.1. The Morgan fingerprint density at radius 2 is 2.00 bits per heavy atom. The number of carbonyl (C=O) groups excluding carboxylic acids is 1. The van der Waals surface area contributed by atoms with Gasteiger partial charge in [0, 0.05) is 18.0 Å². The molecule has 2 aromatic rings. The molecule has 1 saturated carbocycles. The summed E-state index contributed by atoms with van der Waals surface area (Å²) in [7, 11) is 0. The van der Waals surface area contributed by atoms with E-state index in [0.29, 0.717) is 18.1 Å². The predicted molar refractivity (Wildman–Crippen MR) is 80.4 cm³/mol. The highest BCUT2D eigenvalue weighted by Gasteiger charge is 2.44. The van der Waals surface area contributed by atoms with Gasteiger partial charge in [-0.15, -0.1) is 0 Å². The number of benzene rings is 1. The van der Waals surface area contributed by atoms with Crippen LogP contribution in [0.3, 0.4) is 0 Å². The number of nitrogens with one attached hydrogen (secondary N) is 2. The van der Waals surface area contributed by atoms with Crippen LogP contribution in [0.1, 0.15) is 29.7 Å². The number of aromatic nitrogens is 1. The molecule has 0 unspecified atom stereocenters. The van der Waals surface area contributed by atoms with Crippen LogP contribution in [0.2, 0.25) is 0 Å². The van der Waals surface area contributed by atoms with Gasteiger partial charge in [-0.3, -0.25) is 5.32 Å². The molecular formula is C16H19N3O2. The van der Waals surface area contributed by atoms with Crippen molar-refractivity contribution in [3.8, 4) is 0 Å². The molecule has 0 radical (unpaired) electrons. The number of urea groups is 1. The number of aryl methyl sites for hydroxylation is 2. The van der Waals surface area contributed by atoms with Crippen LogP contribution in [0, 0.1) is 13.8 Å². The average molecular weight is 285 g/mol. The Labute approximate surface area is 123 Å². The highest BCUT2D eigenvalue weighted by atomic mass is 16.5. The van der Waals surface area contributed by atoms with Crippen molar-refractivity contribution in [2.24, 2.45) is 0 Å². The fourth-order valence-corrected chi connectivity index (χ4v) is 2.46. The van der Waals surface area contributed by atoms with Gasteiger partial charge in [0.1, 0.15) is 5.76 Å². The number of carbonyl (C=O) groups is 1. The molecule has 0 aliphatic heterocycles. The quantitative estimate of drug-likeness (QED) is 0.906. The minimum absolute atomic E-state index is 0.102. The molecule has 1 aliphatic rings. The van der Waals surface area contributed by atoms with E-state index in [9.17, 15) is 4.79 Å². The summed E-state index contributed by atoms with van der Waals surface area (Å²) in [5, 5.41) is 9.33. The molecule has 0 atom stereocenters. The van der Waals surface area contributed by atoms with E-state index in [1.54, 1.807) is 13.0 Å². The first-order valence-corrected chi connectivity index (χ1v) is 7.13. The van der Waals surface area contributed by atoms with E-state index in [-0.39, 0.29) is 11.4 Å². The normalized spacial score (nSPS) is 15.5. The summed E-state index contributed by atoms with van der Waals surface area (Å²) >= 11 is 0. The highest BCUT2D eigenvalue weighted by molar-refractivity contribution is 5.88. The number of hydrogen-bond donors (Lipinski definition) is 2. The van der Waals surface area contributed by atoms with Gasteiger partial charge < -0.3 is 9.84 Å². The van der Waals surface area contributed by atoms with Crippen LogP contribution in [0.4, 0.5) is 10.6 Å². The molecule has 5 heteroatoms. The van der Waals surface area contributed by atoms with Gasteiger partial charge in [0.05, 0.1) is 0 Å². The van der Waals surface area contributed by atoms with Crippen LogP contribution in [0.15, 0.2) is 34.9 Å². The molecule has 21 heavy (non-hydrogen) atoms. The fourth-order valence-electron chi connectivity index (χ4n) is 2.46. The molecule has 1 heterocycles. The predicted octanol–water partition coefficient (Wildman–Crippen LogP) is 3.14. The number of hydrogen-bond acceptors (Lipinski definition) is 3. The molecule has 3 rings (SSSR count). The van der Waals surface area contributed by atoms with E-state index in [2.05, 4.69) is 47.0 Å². The largest absolute Gasteiger partial charge is 0.360 e. The third kappa shape index (κ3) is 3.07. The molecule has 1 aromatic carbocycles. The second-order valence-electron chi connectivity index (χ2n) is 5.78. The Kier molecular flexibility index (Phi) is 3.41. The molecular weight excluding hydrogens is 266 g/mol. The standard InChI is InChI=1S/C16H19N3O2/c1-11-3-5-13(6-4-11)16(7-8-16)10-17-15(20)18-14-9-12(2)21-19-14/h3-6,9H,7-8,10H2,1-2H3,(H2,17,18,19,20). The maximum absolute atomic E-state index is 11.9. The van der Waals surface area contributed by atoms with Crippen molar-refractivity contribution in [1.82, 2.24) is 10.5 Å². The molecule has 2 amide bonds. The summed E-state index contributed by atoms with van der Waals surface area (Å²) in [6.07, 6.45) is 2.22. The van der Waals surface area contributed by atoms with Crippen molar-refractivity contribution >= 4 is 11.8 Å². The number of nitrogens with zero attached hydrogens (tertiary/aromatic N) is 1. The lowest BCUT2D eigenvalue weighted by molar-refractivity contribution is 0.251. The van der Waals surface area contributed by atoms with Crippen molar-refractivity contribution < 1.29 is 9.32 Å². The minimum atomic E-state index is -0.248. The van der Waals surface area contributed by atoms with Crippen LogP contribution in [0.5, 0.6) is 0 Å². The van der Waals surface area contributed by atoms with E-state index in [1.807, 2.05) is 0 Å². The van der Waals surface area contributed by atoms with Crippen molar-refractivity contribution in [3.63, 3.8) is 0 Å². The fraction of sp³-hybridized carbons (Fsp3) is 0.375. The third-order valence-electron chi connectivity index (χ3n) is 3.97.